The molecule has 1 heterocycles. The van der Waals surface area contributed by atoms with Crippen LogP contribution in [0, 0.1) is 5.82 Å². The summed E-state index contributed by atoms with van der Waals surface area (Å²) in [6.07, 6.45) is 1.22. The van der Waals surface area contributed by atoms with Gasteiger partial charge in [-0.3, -0.25) is 25.2 Å². The molecule has 3 rings (SSSR count). The normalized spacial score (nSPS) is 13.1. The monoisotopic (exact) mass is 399 g/mol. The van der Waals surface area contributed by atoms with Gasteiger partial charge in [-0.1, -0.05) is 18.2 Å². The summed E-state index contributed by atoms with van der Waals surface area (Å²) in [5.41, 5.74) is 4.62. The maximum absolute atomic E-state index is 13.5. The van der Waals surface area contributed by atoms with Crippen molar-refractivity contribution in [2.24, 2.45) is 0 Å². The molecule has 3 amide bonds. The third kappa shape index (κ3) is 4.95. The zero-order chi connectivity index (χ0) is 20.8. The number of benzene rings is 2. The first kappa shape index (κ1) is 20.0. The second kappa shape index (κ2) is 8.96. The minimum Gasteiger partial charge on any atom is -0.452 e. The Labute approximate surface area is 165 Å². The van der Waals surface area contributed by atoms with Crippen molar-refractivity contribution in [3.05, 3.63) is 65.5 Å². The number of hydrogen-bond acceptors (Lipinski definition) is 5. The van der Waals surface area contributed by atoms with Crippen LogP contribution in [0.2, 0.25) is 0 Å². The van der Waals surface area contributed by atoms with Crippen LogP contribution in [0.1, 0.15) is 33.6 Å². The van der Waals surface area contributed by atoms with E-state index in [1.54, 1.807) is 17.0 Å². The van der Waals surface area contributed by atoms with Crippen LogP contribution in [0.4, 0.5) is 10.1 Å². The molecule has 0 aliphatic carbocycles. The zero-order valence-electron chi connectivity index (χ0n) is 15.3. The van der Waals surface area contributed by atoms with Crippen molar-refractivity contribution >= 4 is 29.4 Å². The summed E-state index contributed by atoms with van der Waals surface area (Å²) in [6.45, 7) is -0.0648. The van der Waals surface area contributed by atoms with Gasteiger partial charge in [0.2, 0.25) is 5.91 Å². The van der Waals surface area contributed by atoms with E-state index in [0.717, 1.165) is 12.5 Å². The van der Waals surface area contributed by atoms with Crippen molar-refractivity contribution in [3.8, 4) is 0 Å². The maximum Gasteiger partial charge on any atom is 0.338 e. The van der Waals surface area contributed by atoms with Crippen molar-refractivity contribution in [2.45, 2.75) is 12.8 Å². The summed E-state index contributed by atoms with van der Waals surface area (Å²) in [7, 11) is 0. The van der Waals surface area contributed by atoms with Gasteiger partial charge in [-0.2, -0.15) is 0 Å². The highest BCUT2D eigenvalue weighted by atomic mass is 19.1. The first-order chi connectivity index (χ1) is 14.0. The highest BCUT2D eigenvalue weighted by molar-refractivity contribution is 5.98. The van der Waals surface area contributed by atoms with E-state index in [1.165, 1.54) is 30.3 Å². The largest absolute Gasteiger partial charge is 0.452 e. The highest BCUT2D eigenvalue weighted by Crippen LogP contribution is 2.22. The summed E-state index contributed by atoms with van der Waals surface area (Å²) in [5, 5.41) is 0. The average Bonchev–Trinajstić information content (AvgIpc) is 3.16. The molecule has 0 atom stereocenters. The van der Waals surface area contributed by atoms with Crippen LogP contribution in [0.25, 0.3) is 0 Å². The Kier molecular flexibility index (Phi) is 6.18. The van der Waals surface area contributed by atoms with Crippen molar-refractivity contribution in [3.63, 3.8) is 0 Å². The predicted molar refractivity (Wildman–Crippen MR) is 100 cm³/mol. The number of rotatable bonds is 5. The number of halogens is 1. The molecule has 0 aromatic heterocycles. The quantitative estimate of drug-likeness (QED) is 0.587. The number of amides is 3. The lowest BCUT2D eigenvalue weighted by Gasteiger charge is -2.16. The van der Waals surface area contributed by atoms with Gasteiger partial charge in [-0.05, 0) is 36.8 Å². The Hall–Kier alpha value is -3.75. The van der Waals surface area contributed by atoms with E-state index in [2.05, 4.69) is 0 Å². The van der Waals surface area contributed by atoms with Gasteiger partial charge >= 0.3 is 5.97 Å². The lowest BCUT2D eigenvalue weighted by Crippen LogP contribution is -2.43. The summed E-state index contributed by atoms with van der Waals surface area (Å²) < 4.78 is 18.4. The fourth-order valence-corrected chi connectivity index (χ4v) is 2.81. The van der Waals surface area contributed by atoms with E-state index < -0.39 is 30.2 Å². The number of hydrogen-bond donors (Lipinski definition) is 2. The van der Waals surface area contributed by atoms with E-state index in [4.69, 9.17) is 4.74 Å². The Bertz CT molecular complexity index is 963. The minimum atomic E-state index is -0.842. The Balaban J connectivity index is 1.50. The minimum absolute atomic E-state index is 0.0134. The second-order valence-corrected chi connectivity index (χ2v) is 6.26. The molecule has 1 fully saturated rings. The molecule has 0 saturated carbocycles. The second-order valence-electron chi connectivity index (χ2n) is 6.26. The summed E-state index contributed by atoms with van der Waals surface area (Å²) in [4.78, 5) is 49.1. The van der Waals surface area contributed by atoms with Gasteiger partial charge in [0.25, 0.3) is 11.8 Å². The standard InChI is InChI=1S/C20H18FN3O5/c21-16-8-2-1-7-15(16)19(27)23-22-17(25)12-29-20(28)13-5-3-6-14(11-13)24-10-4-9-18(24)26/h1-3,5-8,11H,4,9-10,12H2,(H,22,25)(H,23,27). The van der Waals surface area contributed by atoms with Gasteiger partial charge in [0.15, 0.2) is 6.61 Å². The molecule has 2 aromatic carbocycles. The van der Waals surface area contributed by atoms with E-state index in [-0.39, 0.29) is 17.0 Å². The van der Waals surface area contributed by atoms with Gasteiger partial charge in [-0.25, -0.2) is 9.18 Å². The number of nitrogens with zero attached hydrogens (tertiary/aromatic N) is 1. The molecule has 0 unspecified atom stereocenters. The lowest BCUT2D eigenvalue weighted by atomic mass is 10.2. The average molecular weight is 399 g/mol. The van der Waals surface area contributed by atoms with Gasteiger partial charge < -0.3 is 9.64 Å². The molecule has 8 nitrogen and oxygen atoms in total. The van der Waals surface area contributed by atoms with Crippen LogP contribution in [-0.2, 0) is 14.3 Å². The fraction of sp³-hybridized carbons (Fsp3) is 0.200. The number of carbonyl (C=O) groups excluding carboxylic acids is 4. The SMILES string of the molecule is O=C(COC(=O)c1cccc(N2CCCC2=O)c1)NNC(=O)c1ccccc1F. The molecular weight excluding hydrogens is 381 g/mol. The van der Waals surface area contributed by atoms with Crippen molar-refractivity contribution in [1.29, 1.82) is 0 Å². The summed E-state index contributed by atoms with van der Waals surface area (Å²) in [6, 6.07) is 11.6. The zero-order valence-corrected chi connectivity index (χ0v) is 15.3. The lowest BCUT2D eigenvalue weighted by molar-refractivity contribution is -0.125. The first-order valence-electron chi connectivity index (χ1n) is 8.87. The predicted octanol–water partition coefficient (Wildman–Crippen LogP) is 1.57. The molecule has 2 N–H and O–H groups in total. The van der Waals surface area contributed by atoms with E-state index in [0.29, 0.717) is 18.7 Å². The fourth-order valence-electron chi connectivity index (χ4n) is 2.81. The van der Waals surface area contributed by atoms with Crippen molar-refractivity contribution in [1.82, 2.24) is 10.9 Å². The summed E-state index contributed by atoms with van der Waals surface area (Å²) in [5.74, 6) is -3.14. The van der Waals surface area contributed by atoms with Gasteiger partial charge in [0.05, 0.1) is 11.1 Å². The molecule has 9 heteroatoms. The molecule has 0 spiro atoms. The van der Waals surface area contributed by atoms with E-state index >= 15 is 0 Å². The maximum atomic E-state index is 13.5. The number of hydrazine groups is 1. The third-order valence-electron chi connectivity index (χ3n) is 4.24. The molecule has 0 radical (unpaired) electrons. The number of carbonyl (C=O) groups is 4. The van der Waals surface area contributed by atoms with Crippen LogP contribution < -0.4 is 15.8 Å². The van der Waals surface area contributed by atoms with Gasteiger partial charge in [-0.15, -0.1) is 0 Å². The van der Waals surface area contributed by atoms with E-state index in [1.807, 2.05) is 10.9 Å². The van der Waals surface area contributed by atoms with Crippen LogP contribution in [0.15, 0.2) is 48.5 Å². The Morgan fingerprint density at radius 2 is 1.86 bits per heavy atom. The molecule has 1 aliphatic heterocycles. The van der Waals surface area contributed by atoms with Gasteiger partial charge in [0.1, 0.15) is 5.82 Å². The van der Waals surface area contributed by atoms with Gasteiger partial charge in [0, 0.05) is 18.7 Å². The number of anilines is 1. The molecule has 0 bridgehead atoms. The smallest absolute Gasteiger partial charge is 0.338 e. The highest BCUT2D eigenvalue weighted by Gasteiger charge is 2.22. The number of ether oxygens (including phenoxy) is 1. The van der Waals surface area contributed by atoms with Crippen LogP contribution in [0.3, 0.4) is 0 Å². The van der Waals surface area contributed by atoms with Crippen LogP contribution >= 0.6 is 0 Å². The molecule has 150 valence electrons. The topological polar surface area (TPSA) is 105 Å². The first-order valence-corrected chi connectivity index (χ1v) is 8.87. The number of nitrogens with one attached hydrogen (secondary N) is 2. The van der Waals surface area contributed by atoms with Crippen LogP contribution in [0.5, 0.6) is 0 Å². The molecule has 1 aliphatic rings. The Morgan fingerprint density at radius 1 is 1.07 bits per heavy atom. The van der Waals surface area contributed by atoms with Crippen molar-refractivity contribution < 1.29 is 28.3 Å². The van der Waals surface area contributed by atoms with E-state index in [9.17, 15) is 23.6 Å². The third-order valence-corrected chi connectivity index (χ3v) is 4.24. The molecule has 1 saturated heterocycles. The molecular formula is C20H18FN3O5. The molecule has 2 aromatic rings. The molecule has 29 heavy (non-hydrogen) atoms. The number of esters is 1. The van der Waals surface area contributed by atoms with Crippen LogP contribution in [-0.4, -0.2) is 36.8 Å². The van der Waals surface area contributed by atoms with Crippen molar-refractivity contribution in [2.75, 3.05) is 18.1 Å². The summed E-state index contributed by atoms with van der Waals surface area (Å²) >= 11 is 0. The Morgan fingerprint density at radius 3 is 2.59 bits per heavy atom.